The standard InChI is InChI=1S/C16H15N3O/c1-12(19-10-2-3-11-19)16(20)18-14-8-4-6-13-7-5-9-17-15(13)14/h2-12H,1H3,(H,18,20)/t12-/m0/s1. The van der Waals surface area contributed by atoms with Gasteiger partial charge in [-0.2, -0.15) is 0 Å². The number of hydrogen-bond donors (Lipinski definition) is 1. The van der Waals surface area contributed by atoms with Crippen LogP contribution in [0.3, 0.4) is 0 Å². The molecule has 0 spiro atoms. The fraction of sp³-hybridized carbons (Fsp3) is 0.125. The third-order valence-electron chi connectivity index (χ3n) is 3.34. The summed E-state index contributed by atoms with van der Waals surface area (Å²) in [5.41, 5.74) is 1.55. The van der Waals surface area contributed by atoms with Crippen molar-refractivity contribution in [2.75, 3.05) is 5.32 Å². The average Bonchev–Trinajstić information content (AvgIpc) is 3.01. The number of aromatic nitrogens is 2. The summed E-state index contributed by atoms with van der Waals surface area (Å²) in [6, 6.07) is 13.2. The molecule has 1 N–H and O–H groups in total. The summed E-state index contributed by atoms with van der Waals surface area (Å²) >= 11 is 0. The van der Waals surface area contributed by atoms with E-state index in [9.17, 15) is 4.79 Å². The van der Waals surface area contributed by atoms with Crippen LogP contribution in [-0.4, -0.2) is 15.5 Å². The van der Waals surface area contributed by atoms with Gasteiger partial charge in [0.2, 0.25) is 5.91 Å². The first-order valence-corrected chi connectivity index (χ1v) is 6.53. The summed E-state index contributed by atoms with van der Waals surface area (Å²) in [6.45, 7) is 1.87. The zero-order valence-corrected chi connectivity index (χ0v) is 11.2. The Morgan fingerprint density at radius 2 is 1.90 bits per heavy atom. The molecule has 100 valence electrons. The van der Waals surface area contributed by atoms with E-state index < -0.39 is 0 Å². The fourth-order valence-electron chi connectivity index (χ4n) is 2.18. The molecule has 0 radical (unpaired) electrons. The quantitative estimate of drug-likeness (QED) is 0.790. The van der Waals surface area contributed by atoms with Crippen molar-refractivity contribution in [1.82, 2.24) is 9.55 Å². The molecule has 0 fully saturated rings. The Balaban J connectivity index is 1.88. The number of fused-ring (bicyclic) bond motifs is 1. The number of anilines is 1. The summed E-state index contributed by atoms with van der Waals surface area (Å²) in [5, 5.41) is 3.96. The van der Waals surface area contributed by atoms with Crippen molar-refractivity contribution in [3.8, 4) is 0 Å². The lowest BCUT2D eigenvalue weighted by Crippen LogP contribution is -2.22. The normalized spacial score (nSPS) is 12.2. The van der Waals surface area contributed by atoms with E-state index in [-0.39, 0.29) is 11.9 Å². The highest BCUT2D eigenvalue weighted by molar-refractivity contribution is 6.01. The number of carbonyl (C=O) groups is 1. The lowest BCUT2D eigenvalue weighted by molar-refractivity contribution is -0.118. The van der Waals surface area contributed by atoms with Crippen LogP contribution < -0.4 is 5.32 Å². The Hall–Kier alpha value is -2.62. The number of benzene rings is 1. The van der Waals surface area contributed by atoms with Crippen molar-refractivity contribution in [2.24, 2.45) is 0 Å². The molecule has 0 unspecified atom stereocenters. The molecule has 0 aliphatic carbocycles. The van der Waals surface area contributed by atoms with Crippen LogP contribution in [0.15, 0.2) is 61.1 Å². The summed E-state index contributed by atoms with van der Waals surface area (Å²) in [5.74, 6) is -0.0562. The maximum atomic E-state index is 12.3. The average molecular weight is 265 g/mol. The molecular formula is C16H15N3O. The van der Waals surface area contributed by atoms with Crippen LogP contribution in [0.2, 0.25) is 0 Å². The van der Waals surface area contributed by atoms with Crippen LogP contribution >= 0.6 is 0 Å². The second kappa shape index (κ2) is 5.17. The van der Waals surface area contributed by atoms with E-state index in [0.717, 1.165) is 16.6 Å². The van der Waals surface area contributed by atoms with Crippen molar-refractivity contribution >= 4 is 22.5 Å². The first-order valence-electron chi connectivity index (χ1n) is 6.53. The van der Waals surface area contributed by atoms with Gasteiger partial charge in [-0.3, -0.25) is 9.78 Å². The van der Waals surface area contributed by atoms with E-state index in [1.807, 2.05) is 66.3 Å². The van der Waals surface area contributed by atoms with Gasteiger partial charge in [-0.15, -0.1) is 0 Å². The number of carbonyl (C=O) groups excluding carboxylic acids is 1. The highest BCUT2D eigenvalue weighted by Gasteiger charge is 2.15. The second-order valence-electron chi connectivity index (χ2n) is 4.68. The summed E-state index contributed by atoms with van der Waals surface area (Å²) in [4.78, 5) is 16.6. The third kappa shape index (κ3) is 2.28. The maximum absolute atomic E-state index is 12.3. The Labute approximate surface area is 117 Å². The number of nitrogens with zero attached hydrogens (tertiary/aromatic N) is 2. The molecule has 1 atom stereocenters. The van der Waals surface area contributed by atoms with Gasteiger partial charge in [0.05, 0.1) is 11.2 Å². The van der Waals surface area contributed by atoms with Gasteiger partial charge in [-0.05, 0) is 31.2 Å². The number of para-hydroxylation sites is 1. The molecule has 0 saturated heterocycles. The predicted octanol–water partition coefficient (Wildman–Crippen LogP) is 3.24. The van der Waals surface area contributed by atoms with Crippen molar-refractivity contribution in [2.45, 2.75) is 13.0 Å². The minimum atomic E-state index is -0.260. The highest BCUT2D eigenvalue weighted by atomic mass is 16.2. The van der Waals surface area contributed by atoms with Gasteiger partial charge in [0.15, 0.2) is 0 Å². The molecule has 3 rings (SSSR count). The van der Waals surface area contributed by atoms with Crippen molar-refractivity contribution in [3.05, 3.63) is 61.1 Å². The van der Waals surface area contributed by atoms with Crippen LogP contribution in [0.4, 0.5) is 5.69 Å². The molecule has 0 aliphatic rings. The molecular weight excluding hydrogens is 250 g/mol. The van der Waals surface area contributed by atoms with E-state index in [1.54, 1.807) is 6.20 Å². The first kappa shape index (κ1) is 12.4. The van der Waals surface area contributed by atoms with Crippen molar-refractivity contribution in [1.29, 1.82) is 0 Å². The van der Waals surface area contributed by atoms with Crippen LogP contribution in [0.25, 0.3) is 10.9 Å². The van der Waals surface area contributed by atoms with Gasteiger partial charge in [-0.1, -0.05) is 18.2 Å². The molecule has 2 aromatic heterocycles. The minimum Gasteiger partial charge on any atom is -0.342 e. The van der Waals surface area contributed by atoms with Gasteiger partial charge in [0.1, 0.15) is 6.04 Å². The van der Waals surface area contributed by atoms with E-state index in [4.69, 9.17) is 0 Å². The molecule has 1 amide bonds. The topological polar surface area (TPSA) is 46.9 Å². The number of hydrogen-bond acceptors (Lipinski definition) is 2. The molecule has 4 heteroatoms. The van der Waals surface area contributed by atoms with Gasteiger partial charge >= 0.3 is 0 Å². The van der Waals surface area contributed by atoms with Crippen LogP contribution in [0.5, 0.6) is 0 Å². The molecule has 1 aromatic carbocycles. The van der Waals surface area contributed by atoms with E-state index in [1.165, 1.54) is 0 Å². The summed E-state index contributed by atoms with van der Waals surface area (Å²) < 4.78 is 1.87. The molecule has 3 aromatic rings. The Morgan fingerprint density at radius 3 is 2.70 bits per heavy atom. The van der Waals surface area contributed by atoms with Crippen LogP contribution in [-0.2, 0) is 4.79 Å². The molecule has 0 saturated carbocycles. The number of rotatable bonds is 3. The Bertz CT molecular complexity index is 729. The monoisotopic (exact) mass is 265 g/mol. The minimum absolute atomic E-state index is 0.0562. The number of amides is 1. The largest absolute Gasteiger partial charge is 0.342 e. The number of nitrogens with one attached hydrogen (secondary N) is 1. The molecule has 4 nitrogen and oxygen atoms in total. The predicted molar refractivity (Wildman–Crippen MR) is 79.5 cm³/mol. The summed E-state index contributed by atoms with van der Waals surface area (Å²) in [6.07, 6.45) is 5.49. The van der Waals surface area contributed by atoms with Crippen molar-refractivity contribution in [3.63, 3.8) is 0 Å². The smallest absolute Gasteiger partial charge is 0.247 e. The first-order chi connectivity index (χ1) is 9.75. The van der Waals surface area contributed by atoms with Gasteiger partial charge < -0.3 is 9.88 Å². The lowest BCUT2D eigenvalue weighted by atomic mass is 10.2. The Morgan fingerprint density at radius 1 is 1.15 bits per heavy atom. The molecule has 2 heterocycles. The highest BCUT2D eigenvalue weighted by Crippen LogP contribution is 2.21. The lowest BCUT2D eigenvalue weighted by Gasteiger charge is -2.14. The molecule has 20 heavy (non-hydrogen) atoms. The molecule has 0 aliphatic heterocycles. The SMILES string of the molecule is C[C@@H](C(=O)Nc1cccc2cccnc12)n1cccc1. The number of pyridine rings is 1. The van der Waals surface area contributed by atoms with Crippen LogP contribution in [0, 0.1) is 0 Å². The zero-order chi connectivity index (χ0) is 13.9. The van der Waals surface area contributed by atoms with Crippen molar-refractivity contribution < 1.29 is 4.79 Å². The second-order valence-corrected chi connectivity index (χ2v) is 4.68. The fourth-order valence-corrected chi connectivity index (χ4v) is 2.18. The van der Waals surface area contributed by atoms with Gasteiger partial charge in [0, 0.05) is 24.0 Å². The maximum Gasteiger partial charge on any atom is 0.247 e. The van der Waals surface area contributed by atoms with Crippen LogP contribution in [0.1, 0.15) is 13.0 Å². The van der Waals surface area contributed by atoms with Gasteiger partial charge in [0.25, 0.3) is 0 Å². The Kier molecular flexibility index (Phi) is 3.21. The van der Waals surface area contributed by atoms with E-state index >= 15 is 0 Å². The van der Waals surface area contributed by atoms with E-state index in [0.29, 0.717) is 0 Å². The van der Waals surface area contributed by atoms with E-state index in [2.05, 4.69) is 10.3 Å². The summed E-state index contributed by atoms with van der Waals surface area (Å²) in [7, 11) is 0. The van der Waals surface area contributed by atoms with Gasteiger partial charge in [-0.25, -0.2) is 0 Å². The third-order valence-corrected chi connectivity index (χ3v) is 3.34. The molecule has 0 bridgehead atoms. The zero-order valence-electron chi connectivity index (χ0n) is 11.2.